The van der Waals surface area contributed by atoms with Gasteiger partial charge in [0.15, 0.2) is 0 Å². The highest BCUT2D eigenvalue weighted by molar-refractivity contribution is 6.50. The molecule has 0 radical (unpaired) electrons. The standard InChI is InChI=1S/C5H9Cl2N/c1-3(8)4-2-5(4,6)7/h3-4H,2,8H2,1H3/t3?,4-/m1/s1. The quantitative estimate of drug-likeness (QED) is 0.569. The van der Waals surface area contributed by atoms with E-state index in [1.54, 1.807) is 0 Å². The van der Waals surface area contributed by atoms with Crippen LogP contribution < -0.4 is 5.73 Å². The van der Waals surface area contributed by atoms with Crippen molar-refractivity contribution in [1.29, 1.82) is 0 Å². The van der Waals surface area contributed by atoms with Gasteiger partial charge in [0, 0.05) is 12.0 Å². The summed E-state index contributed by atoms with van der Waals surface area (Å²) in [5.74, 6) is 0.325. The summed E-state index contributed by atoms with van der Waals surface area (Å²) in [6.07, 6.45) is 0.855. The van der Waals surface area contributed by atoms with Gasteiger partial charge in [0.2, 0.25) is 0 Å². The Hall–Kier alpha value is 0.540. The molecule has 0 amide bonds. The molecule has 1 saturated carbocycles. The van der Waals surface area contributed by atoms with Crippen LogP contribution >= 0.6 is 23.2 Å². The zero-order valence-electron chi connectivity index (χ0n) is 4.70. The summed E-state index contributed by atoms with van der Waals surface area (Å²) in [6.45, 7) is 1.93. The Balaban J connectivity index is 2.37. The molecule has 0 aromatic heterocycles. The van der Waals surface area contributed by atoms with E-state index < -0.39 is 4.33 Å². The van der Waals surface area contributed by atoms with E-state index in [0.29, 0.717) is 5.92 Å². The summed E-state index contributed by atoms with van der Waals surface area (Å²) in [6, 6.07) is 0.144. The molecule has 0 aromatic rings. The first-order valence-electron chi connectivity index (χ1n) is 2.67. The molecule has 0 heterocycles. The Morgan fingerprint density at radius 2 is 2.12 bits per heavy atom. The largest absolute Gasteiger partial charge is 0.328 e. The van der Waals surface area contributed by atoms with Crippen molar-refractivity contribution in [2.45, 2.75) is 23.7 Å². The smallest absolute Gasteiger partial charge is 0.123 e. The van der Waals surface area contributed by atoms with Crippen molar-refractivity contribution in [2.24, 2.45) is 11.7 Å². The van der Waals surface area contributed by atoms with Crippen molar-refractivity contribution >= 4 is 23.2 Å². The Morgan fingerprint density at radius 1 is 1.75 bits per heavy atom. The summed E-state index contributed by atoms with van der Waals surface area (Å²) in [4.78, 5) is 0. The third kappa shape index (κ3) is 1.09. The van der Waals surface area contributed by atoms with Crippen LogP contribution in [-0.4, -0.2) is 10.4 Å². The van der Waals surface area contributed by atoms with Crippen LogP contribution in [0.25, 0.3) is 0 Å². The molecule has 0 bridgehead atoms. The molecule has 0 saturated heterocycles. The van der Waals surface area contributed by atoms with Gasteiger partial charge in [-0.15, -0.1) is 23.2 Å². The minimum Gasteiger partial charge on any atom is -0.328 e. The molecule has 1 rings (SSSR count). The number of halogens is 2. The Morgan fingerprint density at radius 3 is 2.12 bits per heavy atom. The van der Waals surface area contributed by atoms with Crippen LogP contribution in [0.2, 0.25) is 0 Å². The Bertz CT molecular complexity index is 101. The first-order valence-corrected chi connectivity index (χ1v) is 3.43. The van der Waals surface area contributed by atoms with E-state index in [4.69, 9.17) is 28.9 Å². The Labute approximate surface area is 59.1 Å². The first kappa shape index (κ1) is 6.66. The van der Waals surface area contributed by atoms with Gasteiger partial charge in [-0.2, -0.15) is 0 Å². The van der Waals surface area contributed by atoms with Gasteiger partial charge in [0.1, 0.15) is 4.33 Å². The van der Waals surface area contributed by atoms with Crippen molar-refractivity contribution < 1.29 is 0 Å². The number of hydrogen-bond acceptors (Lipinski definition) is 1. The van der Waals surface area contributed by atoms with E-state index in [0.717, 1.165) is 6.42 Å². The van der Waals surface area contributed by atoms with E-state index >= 15 is 0 Å². The van der Waals surface area contributed by atoms with Crippen molar-refractivity contribution in [3.63, 3.8) is 0 Å². The first-order chi connectivity index (χ1) is 3.54. The average Bonchev–Trinajstić information content (AvgIpc) is 2.13. The molecule has 2 N–H and O–H groups in total. The summed E-state index contributed by atoms with van der Waals surface area (Å²) in [5.41, 5.74) is 5.50. The predicted molar refractivity (Wildman–Crippen MR) is 36.2 cm³/mol. The summed E-state index contributed by atoms with van der Waals surface area (Å²) in [5, 5.41) is 0. The zero-order chi connectivity index (χ0) is 6.36. The predicted octanol–water partition coefficient (Wildman–Crippen LogP) is 1.53. The zero-order valence-corrected chi connectivity index (χ0v) is 6.21. The average molecular weight is 154 g/mol. The maximum Gasteiger partial charge on any atom is 0.123 e. The summed E-state index contributed by atoms with van der Waals surface area (Å²) >= 11 is 11.4. The van der Waals surface area contributed by atoms with Crippen molar-refractivity contribution in [1.82, 2.24) is 0 Å². The van der Waals surface area contributed by atoms with Crippen molar-refractivity contribution in [3.8, 4) is 0 Å². The molecule has 0 aliphatic heterocycles. The van der Waals surface area contributed by atoms with E-state index in [-0.39, 0.29) is 6.04 Å². The van der Waals surface area contributed by atoms with Crippen LogP contribution in [0.5, 0.6) is 0 Å². The third-order valence-corrected chi connectivity index (χ3v) is 2.38. The molecule has 1 unspecified atom stereocenters. The fourth-order valence-electron chi connectivity index (χ4n) is 0.805. The van der Waals surface area contributed by atoms with Crippen LogP contribution in [0.15, 0.2) is 0 Å². The van der Waals surface area contributed by atoms with Gasteiger partial charge in [-0.1, -0.05) is 0 Å². The molecule has 48 valence electrons. The number of nitrogens with two attached hydrogens (primary N) is 1. The van der Waals surface area contributed by atoms with E-state index in [1.807, 2.05) is 6.92 Å². The van der Waals surface area contributed by atoms with E-state index in [1.165, 1.54) is 0 Å². The van der Waals surface area contributed by atoms with Crippen molar-refractivity contribution in [3.05, 3.63) is 0 Å². The minimum absolute atomic E-state index is 0.144. The third-order valence-electron chi connectivity index (χ3n) is 1.51. The number of hydrogen-bond donors (Lipinski definition) is 1. The highest BCUT2D eigenvalue weighted by atomic mass is 35.5. The monoisotopic (exact) mass is 153 g/mol. The summed E-state index contributed by atoms with van der Waals surface area (Å²) in [7, 11) is 0. The SMILES string of the molecule is CC(N)[C@H]1CC1(Cl)Cl. The summed E-state index contributed by atoms with van der Waals surface area (Å²) < 4.78 is -0.492. The number of rotatable bonds is 1. The lowest BCUT2D eigenvalue weighted by molar-refractivity contribution is 0.643. The minimum atomic E-state index is -0.492. The maximum absolute atomic E-state index is 5.69. The van der Waals surface area contributed by atoms with Crippen molar-refractivity contribution in [2.75, 3.05) is 0 Å². The molecule has 1 aliphatic carbocycles. The van der Waals surface area contributed by atoms with Gasteiger partial charge in [-0.05, 0) is 13.3 Å². The lowest BCUT2D eigenvalue weighted by Crippen LogP contribution is -2.20. The Kier molecular flexibility index (Phi) is 1.46. The maximum atomic E-state index is 5.69. The molecule has 8 heavy (non-hydrogen) atoms. The fraction of sp³-hybridized carbons (Fsp3) is 1.00. The molecule has 2 atom stereocenters. The van der Waals surface area contributed by atoms with Gasteiger partial charge >= 0.3 is 0 Å². The molecule has 0 aromatic carbocycles. The molecular formula is C5H9Cl2N. The fourth-order valence-corrected chi connectivity index (χ4v) is 1.53. The highest BCUT2D eigenvalue weighted by Crippen LogP contribution is 2.54. The second-order valence-corrected chi connectivity index (χ2v) is 3.97. The normalized spacial score (nSPS) is 36.8. The molecular weight excluding hydrogens is 145 g/mol. The molecule has 1 fully saturated rings. The van der Waals surface area contributed by atoms with Crippen LogP contribution in [0.1, 0.15) is 13.3 Å². The van der Waals surface area contributed by atoms with Crippen LogP contribution in [0.4, 0.5) is 0 Å². The lowest BCUT2D eigenvalue weighted by atomic mass is 10.2. The van der Waals surface area contributed by atoms with Gasteiger partial charge in [0.05, 0.1) is 0 Å². The van der Waals surface area contributed by atoms with Crippen LogP contribution in [-0.2, 0) is 0 Å². The highest BCUT2D eigenvalue weighted by Gasteiger charge is 2.53. The van der Waals surface area contributed by atoms with Gasteiger partial charge in [-0.3, -0.25) is 0 Å². The second kappa shape index (κ2) is 1.76. The van der Waals surface area contributed by atoms with Gasteiger partial charge in [-0.25, -0.2) is 0 Å². The second-order valence-electron chi connectivity index (χ2n) is 2.43. The molecule has 0 spiro atoms. The molecule has 3 heteroatoms. The van der Waals surface area contributed by atoms with Crippen LogP contribution in [0.3, 0.4) is 0 Å². The van der Waals surface area contributed by atoms with Gasteiger partial charge in [0.25, 0.3) is 0 Å². The lowest BCUT2D eigenvalue weighted by Gasteiger charge is -2.01. The molecule has 1 nitrogen and oxygen atoms in total. The van der Waals surface area contributed by atoms with Crippen LogP contribution in [0, 0.1) is 5.92 Å². The van der Waals surface area contributed by atoms with Gasteiger partial charge < -0.3 is 5.73 Å². The topological polar surface area (TPSA) is 26.0 Å². The van der Waals surface area contributed by atoms with E-state index in [9.17, 15) is 0 Å². The molecule has 1 aliphatic rings. The van der Waals surface area contributed by atoms with E-state index in [2.05, 4.69) is 0 Å². The number of alkyl halides is 2.